The average molecular weight is 498 g/mol. The average Bonchev–Trinajstić information content (AvgIpc) is 2.89. The lowest BCUT2D eigenvalue weighted by molar-refractivity contribution is -0.0199. The Morgan fingerprint density at radius 3 is 2.38 bits per heavy atom. The van der Waals surface area contributed by atoms with Crippen molar-refractivity contribution in [2.24, 2.45) is 11.8 Å². The monoisotopic (exact) mass is 497 g/mol. The fourth-order valence-electron chi connectivity index (χ4n) is 7.31. The fourth-order valence-corrected chi connectivity index (χ4v) is 8.86. The van der Waals surface area contributed by atoms with Gasteiger partial charge in [0.15, 0.2) is 0 Å². The van der Waals surface area contributed by atoms with Gasteiger partial charge in [0.2, 0.25) is 10.0 Å². The van der Waals surface area contributed by atoms with E-state index in [9.17, 15) is 8.42 Å². The third-order valence-electron chi connectivity index (χ3n) is 9.55. The summed E-state index contributed by atoms with van der Waals surface area (Å²) in [4.78, 5) is 7.94. The second kappa shape index (κ2) is 11.4. The summed E-state index contributed by atoms with van der Waals surface area (Å²) in [5, 5.41) is 3.46. The standard InChI is InChI=1S/C25H47N5O3S/c1-33-23-5-7-24(8-6-23)34(31,32)27-17-22-16-20-9-11-30(22)19-21(20)18-28-12-14-29(15-13-28)25-4-2-3-10-26-25/h20-27H,2-19H2,1H3. The second-order valence-electron chi connectivity index (χ2n) is 11.5. The normalized spacial score (nSPS) is 40.4. The number of hydrogen-bond donors (Lipinski definition) is 2. The molecule has 0 aromatic carbocycles. The lowest BCUT2D eigenvalue weighted by Crippen LogP contribution is -2.60. The molecule has 0 radical (unpaired) electrons. The van der Waals surface area contributed by atoms with Crippen LogP contribution >= 0.6 is 0 Å². The van der Waals surface area contributed by atoms with Crippen molar-refractivity contribution in [2.75, 3.05) is 66.0 Å². The van der Waals surface area contributed by atoms with E-state index in [1.807, 2.05) is 0 Å². The molecule has 1 saturated carbocycles. The maximum Gasteiger partial charge on any atom is 0.214 e. The summed E-state index contributed by atoms with van der Waals surface area (Å²) < 4.78 is 34.2. The molecule has 0 amide bonds. The van der Waals surface area contributed by atoms with E-state index in [4.69, 9.17) is 4.74 Å². The first-order valence-electron chi connectivity index (χ1n) is 14.0. The minimum Gasteiger partial charge on any atom is -0.381 e. The Kier molecular flexibility index (Phi) is 8.51. The second-order valence-corrected chi connectivity index (χ2v) is 13.6. The number of piperidine rings is 4. The van der Waals surface area contributed by atoms with Crippen molar-refractivity contribution in [3.05, 3.63) is 0 Å². The van der Waals surface area contributed by atoms with Gasteiger partial charge in [-0.05, 0) is 82.7 Å². The summed E-state index contributed by atoms with van der Waals surface area (Å²) in [5.74, 6) is 1.49. The van der Waals surface area contributed by atoms with Gasteiger partial charge in [-0.2, -0.15) is 0 Å². The van der Waals surface area contributed by atoms with E-state index < -0.39 is 10.0 Å². The molecule has 0 aromatic heterocycles. The van der Waals surface area contributed by atoms with Gasteiger partial charge in [-0.25, -0.2) is 13.1 Å². The van der Waals surface area contributed by atoms with Gasteiger partial charge in [0.1, 0.15) is 0 Å². The molecular weight excluding hydrogens is 450 g/mol. The van der Waals surface area contributed by atoms with E-state index in [0.29, 0.717) is 18.8 Å². The van der Waals surface area contributed by atoms with Gasteiger partial charge < -0.3 is 15.0 Å². The lowest BCUT2D eigenvalue weighted by Gasteiger charge is -2.51. The highest BCUT2D eigenvalue weighted by Crippen LogP contribution is 2.37. The van der Waals surface area contributed by atoms with Gasteiger partial charge >= 0.3 is 0 Å². The number of nitrogens with one attached hydrogen (secondary N) is 2. The van der Waals surface area contributed by atoms with Crippen LogP contribution in [-0.2, 0) is 14.8 Å². The smallest absolute Gasteiger partial charge is 0.214 e. The number of fused-ring (bicyclic) bond motifs is 3. The third kappa shape index (κ3) is 5.98. The molecule has 8 nitrogen and oxygen atoms in total. The van der Waals surface area contributed by atoms with Gasteiger partial charge in [-0.1, -0.05) is 0 Å². The molecule has 6 fully saturated rings. The number of ether oxygens (including phenoxy) is 1. The zero-order valence-corrected chi connectivity index (χ0v) is 22.0. The molecule has 0 spiro atoms. The Morgan fingerprint density at radius 1 is 0.941 bits per heavy atom. The van der Waals surface area contributed by atoms with E-state index in [1.54, 1.807) is 7.11 Å². The Labute approximate surface area is 207 Å². The number of hydrogen-bond acceptors (Lipinski definition) is 7. The van der Waals surface area contributed by atoms with Crippen molar-refractivity contribution in [1.82, 2.24) is 24.7 Å². The summed E-state index contributed by atoms with van der Waals surface area (Å²) in [6.07, 6.45) is 10.4. The largest absolute Gasteiger partial charge is 0.381 e. The van der Waals surface area contributed by atoms with Crippen molar-refractivity contribution in [2.45, 2.75) is 81.3 Å². The molecule has 5 saturated heterocycles. The minimum atomic E-state index is -3.23. The number of methoxy groups -OCH3 is 1. The predicted octanol–water partition coefficient (Wildman–Crippen LogP) is 1.29. The first-order chi connectivity index (χ1) is 16.5. The van der Waals surface area contributed by atoms with Crippen molar-refractivity contribution in [1.29, 1.82) is 0 Å². The molecule has 2 bridgehead atoms. The summed E-state index contributed by atoms with van der Waals surface area (Å²) in [5.41, 5.74) is 0. The van der Waals surface area contributed by atoms with Crippen LogP contribution < -0.4 is 10.0 Å². The van der Waals surface area contributed by atoms with Crippen molar-refractivity contribution in [3.63, 3.8) is 0 Å². The fraction of sp³-hybridized carbons (Fsp3) is 1.00. The molecule has 34 heavy (non-hydrogen) atoms. The summed E-state index contributed by atoms with van der Waals surface area (Å²) in [6, 6.07) is 0.370. The van der Waals surface area contributed by atoms with Crippen LogP contribution in [0.2, 0.25) is 0 Å². The molecule has 9 heteroatoms. The van der Waals surface area contributed by atoms with Crippen LogP contribution in [0.25, 0.3) is 0 Å². The van der Waals surface area contributed by atoms with Crippen LogP contribution in [-0.4, -0.2) is 113 Å². The maximum atomic E-state index is 12.9. The zero-order chi connectivity index (χ0) is 23.5. The van der Waals surface area contributed by atoms with Gasteiger partial charge in [-0.3, -0.25) is 9.80 Å². The Morgan fingerprint density at radius 2 is 1.74 bits per heavy atom. The Bertz CT molecular complexity index is 746. The van der Waals surface area contributed by atoms with Crippen molar-refractivity contribution < 1.29 is 13.2 Å². The van der Waals surface area contributed by atoms with Crippen LogP contribution in [0.4, 0.5) is 0 Å². The highest BCUT2D eigenvalue weighted by Gasteiger charge is 2.41. The zero-order valence-electron chi connectivity index (χ0n) is 21.2. The van der Waals surface area contributed by atoms with Gasteiger partial charge in [0.05, 0.1) is 17.5 Å². The van der Waals surface area contributed by atoms with E-state index in [-0.39, 0.29) is 11.4 Å². The summed E-state index contributed by atoms with van der Waals surface area (Å²) >= 11 is 0. The number of nitrogens with zero attached hydrogens (tertiary/aromatic N) is 3. The molecule has 5 atom stereocenters. The topological polar surface area (TPSA) is 77.2 Å². The lowest BCUT2D eigenvalue weighted by atomic mass is 9.75. The maximum absolute atomic E-state index is 12.9. The van der Waals surface area contributed by atoms with Gasteiger partial charge in [0.25, 0.3) is 0 Å². The minimum absolute atomic E-state index is 0.232. The van der Waals surface area contributed by atoms with Crippen LogP contribution in [0.5, 0.6) is 0 Å². The van der Waals surface area contributed by atoms with Crippen LogP contribution in [0, 0.1) is 11.8 Å². The molecular formula is C25H47N5O3S. The Balaban J connectivity index is 1.05. The first-order valence-corrected chi connectivity index (χ1v) is 15.5. The number of rotatable bonds is 8. The van der Waals surface area contributed by atoms with Crippen LogP contribution in [0.15, 0.2) is 0 Å². The SMILES string of the molecule is COC1CCC(S(=O)(=O)NCC2CC3CCN2CC3CN2CCN(C3CCCCN3)CC2)CC1. The molecule has 1 aliphatic carbocycles. The summed E-state index contributed by atoms with van der Waals surface area (Å²) in [6.45, 7) is 10.0. The summed E-state index contributed by atoms with van der Waals surface area (Å²) in [7, 11) is -1.50. The molecule has 5 heterocycles. The third-order valence-corrected chi connectivity index (χ3v) is 11.5. The van der Waals surface area contributed by atoms with E-state index >= 15 is 0 Å². The molecule has 6 aliphatic rings. The van der Waals surface area contributed by atoms with Crippen molar-refractivity contribution in [3.8, 4) is 0 Å². The van der Waals surface area contributed by atoms with E-state index in [0.717, 1.165) is 57.0 Å². The van der Waals surface area contributed by atoms with Gasteiger partial charge in [-0.15, -0.1) is 0 Å². The molecule has 6 rings (SSSR count). The molecule has 2 N–H and O–H groups in total. The number of piperazine rings is 1. The molecule has 5 unspecified atom stereocenters. The predicted molar refractivity (Wildman–Crippen MR) is 135 cm³/mol. The van der Waals surface area contributed by atoms with Gasteiger partial charge in [0, 0.05) is 59.0 Å². The number of sulfonamides is 1. The first kappa shape index (κ1) is 25.4. The highest BCUT2D eigenvalue weighted by molar-refractivity contribution is 7.90. The van der Waals surface area contributed by atoms with E-state index in [1.165, 1.54) is 65.0 Å². The highest BCUT2D eigenvalue weighted by atomic mass is 32.2. The quantitative estimate of drug-likeness (QED) is 0.523. The van der Waals surface area contributed by atoms with Crippen molar-refractivity contribution >= 4 is 10.0 Å². The van der Waals surface area contributed by atoms with Crippen LogP contribution in [0.3, 0.4) is 0 Å². The Hall–Kier alpha value is -0.290. The molecule has 196 valence electrons. The van der Waals surface area contributed by atoms with E-state index in [2.05, 4.69) is 24.7 Å². The molecule has 5 aliphatic heterocycles. The molecule has 0 aromatic rings. The van der Waals surface area contributed by atoms with Crippen LogP contribution in [0.1, 0.15) is 57.8 Å².